The third-order valence-corrected chi connectivity index (χ3v) is 3.08. The fourth-order valence-electron chi connectivity index (χ4n) is 2.10. The zero-order valence-electron chi connectivity index (χ0n) is 10.5. The molecule has 1 heterocycles. The fourth-order valence-corrected chi connectivity index (χ4v) is 2.10. The molecule has 7 nitrogen and oxygen atoms in total. The maximum Gasteiger partial charge on any atom is 0.326 e. The van der Waals surface area contributed by atoms with E-state index in [2.05, 4.69) is 10.6 Å². The molecule has 2 atom stereocenters. The van der Waals surface area contributed by atoms with Gasteiger partial charge in [-0.15, -0.1) is 0 Å². The van der Waals surface area contributed by atoms with Gasteiger partial charge in [0.05, 0.1) is 6.42 Å². The Kier molecular flexibility index (Phi) is 3.88. The predicted octanol–water partition coefficient (Wildman–Crippen LogP) is 0.0673. The van der Waals surface area contributed by atoms with E-state index in [0.29, 0.717) is 6.42 Å². The van der Waals surface area contributed by atoms with Crippen LogP contribution in [-0.2, 0) is 20.8 Å². The highest BCUT2D eigenvalue weighted by molar-refractivity contribution is 5.92. The summed E-state index contributed by atoms with van der Waals surface area (Å²) in [5, 5.41) is 22.7. The summed E-state index contributed by atoms with van der Waals surface area (Å²) in [7, 11) is 0. The van der Waals surface area contributed by atoms with Gasteiger partial charge in [0.1, 0.15) is 12.1 Å². The van der Waals surface area contributed by atoms with E-state index in [0.717, 1.165) is 11.3 Å². The van der Waals surface area contributed by atoms with Gasteiger partial charge < -0.3 is 20.8 Å². The van der Waals surface area contributed by atoms with Gasteiger partial charge in [0.25, 0.3) is 0 Å². The molecule has 0 fully saturated rings. The highest BCUT2D eigenvalue weighted by Crippen LogP contribution is 2.25. The molecule has 0 radical (unpaired) electrons. The predicted molar refractivity (Wildman–Crippen MR) is 69.4 cm³/mol. The van der Waals surface area contributed by atoms with Gasteiger partial charge in [-0.25, -0.2) is 4.79 Å². The van der Waals surface area contributed by atoms with Crippen LogP contribution in [0.5, 0.6) is 0 Å². The molecule has 1 aliphatic rings. The van der Waals surface area contributed by atoms with E-state index in [9.17, 15) is 14.4 Å². The molecule has 1 aromatic carbocycles. The van der Waals surface area contributed by atoms with Crippen LogP contribution in [0.15, 0.2) is 24.3 Å². The second-order valence-corrected chi connectivity index (χ2v) is 4.56. The van der Waals surface area contributed by atoms with Crippen molar-refractivity contribution in [2.24, 2.45) is 0 Å². The number of amides is 1. The molecule has 1 aromatic rings. The number of para-hydroxylation sites is 1. The molecule has 0 saturated heterocycles. The molecule has 4 N–H and O–H groups in total. The molecule has 0 bridgehead atoms. The van der Waals surface area contributed by atoms with Gasteiger partial charge >= 0.3 is 11.9 Å². The highest BCUT2D eigenvalue weighted by Gasteiger charge is 2.30. The summed E-state index contributed by atoms with van der Waals surface area (Å²) in [4.78, 5) is 33.5. The van der Waals surface area contributed by atoms with Gasteiger partial charge in [-0.3, -0.25) is 9.59 Å². The van der Waals surface area contributed by atoms with Crippen LogP contribution in [0.3, 0.4) is 0 Å². The van der Waals surface area contributed by atoms with Crippen molar-refractivity contribution in [1.82, 2.24) is 5.32 Å². The number of rotatable bonds is 5. The maximum absolute atomic E-state index is 12.0. The van der Waals surface area contributed by atoms with Crippen molar-refractivity contribution in [2.75, 3.05) is 5.32 Å². The second kappa shape index (κ2) is 5.60. The zero-order valence-corrected chi connectivity index (χ0v) is 10.5. The van der Waals surface area contributed by atoms with Crippen LogP contribution >= 0.6 is 0 Å². The molecular formula is C13H14N2O5. The average molecular weight is 278 g/mol. The Bertz CT molecular complexity index is 532. The molecule has 7 heteroatoms. The third-order valence-electron chi connectivity index (χ3n) is 3.08. The number of nitrogens with one attached hydrogen (secondary N) is 2. The first-order chi connectivity index (χ1) is 9.47. The Morgan fingerprint density at radius 3 is 2.60 bits per heavy atom. The Hall–Kier alpha value is -2.57. The Balaban J connectivity index is 1.99. The summed E-state index contributed by atoms with van der Waals surface area (Å²) in [6.45, 7) is 0. The van der Waals surface area contributed by atoms with Crippen molar-refractivity contribution in [2.45, 2.75) is 24.9 Å². The van der Waals surface area contributed by atoms with E-state index in [-0.39, 0.29) is 0 Å². The van der Waals surface area contributed by atoms with Crippen LogP contribution in [-0.4, -0.2) is 40.1 Å². The minimum Gasteiger partial charge on any atom is -0.481 e. The Labute approximate surface area is 114 Å². The summed E-state index contributed by atoms with van der Waals surface area (Å²) in [6.07, 6.45) is -0.206. The van der Waals surface area contributed by atoms with Crippen molar-refractivity contribution in [3.63, 3.8) is 0 Å². The lowest BCUT2D eigenvalue weighted by atomic mass is 10.1. The number of carboxylic acid groups (broad SMARTS) is 2. The maximum atomic E-state index is 12.0. The minimum absolute atomic E-state index is 0.446. The average Bonchev–Trinajstić information content (AvgIpc) is 2.81. The summed E-state index contributed by atoms with van der Waals surface area (Å²) in [6, 6.07) is 5.38. The van der Waals surface area contributed by atoms with Crippen LogP contribution in [0.2, 0.25) is 0 Å². The lowest BCUT2D eigenvalue weighted by Crippen LogP contribution is -2.48. The lowest BCUT2D eigenvalue weighted by molar-refractivity contribution is -0.147. The van der Waals surface area contributed by atoms with Crippen molar-refractivity contribution in [3.8, 4) is 0 Å². The van der Waals surface area contributed by atoms with Gasteiger partial charge in [-0.05, 0) is 11.6 Å². The van der Waals surface area contributed by atoms with Crippen molar-refractivity contribution < 1.29 is 24.6 Å². The fraction of sp³-hybridized carbons (Fsp3) is 0.308. The summed E-state index contributed by atoms with van der Waals surface area (Å²) >= 11 is 0. The summed E-state index contributed by atoms with van der Waals surface area (Å²) in [5.41, 5.74) is 1.80. The molecular weight excluding hydrogens is 264 g/mol. The number of benzene rings is 1. The molecule has 106 valence electrons. The van der Waals surface area contributed by atoms with Crippen LogP contribution in [0.25, 0.3) is 0 Å². The quantitative estimate of drug-likeness (QED) is 0.605. The van der Waals surface area contributed by atoms with Crippen molar-refractivity contribution >= 4 is 23.5 Å². The van der Waals surface area contributed by atoms with Crippen LogP contribution in [0.4, 0.5) is 5.69 Å². The van der Waals surface area contributed by atoms with E-state index in [1.165, 1.54) is 0 Å². The molecule has 20 heavy (non-hydrogen) atoms. The van der Waals surface area contributed by atoms with Crippen LogP contribution in [0, 0.1) is 0 Å². The van der Waals surface area contributed by atoms with E-state index in [1.807, 2.05) is 24.3 Å². The van der Waals surface area contributed by atoms with Crippen LogP contribution < -0.4 is 10.6 Å². The molecule has 0 spiro atoms. The normalized spacial score (nSPS) is 17.7. The Morgan fingerprint density at radius 2 is 2.00 bits per heavy atom. The molecule has 0 aromatic heterocycles. The first-order valence-electron chi connectivity index (χ1n) is 6.07. The van der Waals surface area contributed by atoms with E-state index < -0.39 is 36.4 Å². The van der Waals surface area contributed by atoms with Gasteiger partial charge in [0.2, 0.25) is 5.91 Å². The minimum atomic E-state index is -1.43. The molecule has 1 unspecified atom stereocenters. The number of aliphatic carboxylic acids is 2. The molecule has 0 saturated carbocycles. The number of fused-ring (bicyclic) bond motifs is 1. The van der Waals surface area contributed by atoms with Gasteiger partial charge in [0.15, 0.2) is 0 Å². The monoisotopic (exact) mass is 278 g/mol. The van der Waals surface area contributed by atoms with E-state index >= 15 is 0 Å². The largest absolute Gasteiger partial charge is 0.481 e. The lowest BCUT2D eigenvalue weighted by Gasteiger charge is -2.16. The van der Waals surface area contributed by atoms with E-state index in [4.69, 9.17) is 10.2 Å². The Morgan fingerprint density at radius 1 is 1.30 bits per heavy atom. The number of carbonyl (C=O) groups is 3. The number of hydrogen-bond donors (Lipinski definition) is 4. The van der Waals surface area contributed by atoms with Gasteiger partial charge in [-0.1, -0.05) is 18.2 Å². The standard InChI is InChI=1S/C13H14N2O5/c16-11(17)6-10(13(19)20)15-12(18)9-5-7-3-1-2-4-8(7)14-9/h1-4,9-10,14H,5-6H2,(H,15,18)(H,16,17)(H,19,20)/t9-,10?/m0/s1. The van der Waals surface area contributed by atoms with Crippen molar-refractivity contribution in [3.05, 3.63) is 29.8 Å². The highest BCUT2D eigenvalue weighted by atomic mass is 16.4. The second-order valence-electron chi connectivity index (χ2n) is 4.56. The first kappa shape index (κ1) is 13.9. The topological polar surface area (TPSA) is 116 Å². The van der Waals surface area contributed by atoms with E-state index in [1.54, 1.807) is 0 Å². The third kappa shape index (κ3) is 3.05. The number of hydrogen-bond acceptors (Lipinski definition) is 4. The van der Waals surface area contributed by atoms with Gasteiger partial charge in [0, 0.05) is 12.1 Å². The molecule has 1 aliphatic heterocycles. The summed E-state index contributed by atoms with van der Waals surface area (Å²) in [5.74, 6) is -3.16. The molecule has 1 amide bonds. The van der Waals surface area contributed by atoms with Crippen molar-refractivity contribution in [1.29, 1.82) is 0 Å². The smallest absolute Gasteiger partial charge is 0.326 e. The number of anilines is 1. The summed E-state index contributed by atoms with van der Waals surface area (Å²) < 4.78 is 0. The van der Waals surface area contributed by atoms with Crippen LogP contribution in [0.1, 0.15) is 12.0 Å². The molecule has 2 rings (SSSR count). The zero-order chi connectivity index (χ0) is 14.7. The SMILES string of the molecule is O=C(O)CC(NC(=O)[C@@H]1Cc2ccccc2N1)C(=O)O. The number of carbonyl (C=O) groups excluding carboxylic acids is 1. The molecule has 0 aliphatic carbocycles. The first-order valence-corrected chi connectivity index (χ1v) is 6.07. The van der Waals surface area contributed by atoms with Gasteiger partial charge in [-0.2, -0.15) is 0 Å². The number of carboxylic acids is 2.